The molecule has 32 heavy (non-hydrogen) atoms. The first-order valence-electron chi connectivity index (χ1n) is 9.92. The second kappa shape index (κ2) is 7.63. The lowest BCUT2D eigenvalue weighted by atomic mass is 10.0. The molecule has 0 saturated carbocycles. The first-order chi connectivity index (χ1) is 15.3. The molecular formula is C23H16ClF3N4O. The van der Waals surface area contributed by atoms with Crippen LogP contribution in [0.15, 0.2) is 61.1 Å². The highest BCUT2D eigenvalue weighted by molar-refractivity contribution is 6.30. The van der Waals surface area contributed by atoms with Gasteiger partial charge in [0.2, 0.25) is 0 Å². The molecule has 0 bridgehead atoms. The van der Waals surface area contributed by atoms with Gasteiger partial charge in [-0.25, -0.2) is 9.97 Å². The number of imidazole rings is 1. The molecule has 1 aliphatic heterocycles. The van der Waals surface area contributed by atoms with E-state index in [2.05, 4.69) is 9.97 Å². The number of halogens is 4. The van der Waals surface area contributed by atoms with Crippen LogP contribution < -0.4 is 4.90 Å². The van der Waals surface area contributed by atoms with Crippen LogP contribution in [0.1, 0.15) is 28.0 Å². The van der Waals surface area contributed by atoms with Crippen molar-refractivity contribution in [2.45, 2.75) is 19.0 Å². The van der Waals surface area contributed by atoms with Crippen molar-refractivity contribution in [2.75, 3.05) is 11.4 Å². The number of fused-ring (bicyclic) bond motifs is 2. The molecule has 0 atom stereocenters. The highest BCUT2D eigenvalue weighted by Crippen LogP contribution is 2.32. The molecule has 0 fully saturated rings. The van der Waals surface area contributed by atoms with Crippen LogP contribution in [0.3, 0.4) is 0 Å². The zero-order chi connectivity index (χ0) is 22.5. The summed E-state index contributed by atoms with van der Waals surface area (Å²) in [6.45, 7) is 0.558. The largest absolute Gasteiger partial charge is 0.416 e. The average Bonchev–Trinajstić information content (AvgIpc) is 3.20. The van der Waals surface area contributed by atoms with E-state index in [-0.39, 0.29) is 11.6 Å². The number of aryl methyl sites for hydroxylation is 1. The number of nitrogens with zero attached hydrogens (tertiary/aromatic N) is 4. The van der Waals surface area contributed by atoms with Gasteiger partial charge in [-0.2, -0.15) is 13.2 Å². The summed E-state index contributed by atoms with van der Waals surface area (Å²) in [7, 11) is 0. The summed E-state index contributed by atoms with van der Waals surface area (Å²) < 4.78 is 40.3. The van der Waals surface area contributed by atoms with E-state index in [1.54, 1.807) is 27.8 Å². The van der Waals surface area contributed by atoms with Crippen molar-refractivity contribution >= 4 is 28.8 Å². The number of carbonyl (C=O) groups is 1. The molecule has 0 aliphatic carbocycles. The van der Waals surface area contributed by atoms with Crippen molar-refractivity contribution in [2.24, 2.45) is 0 Å². The third-order valence-electron chi connectivity index (χ3n) is 5.53. The van der Waals surface area contributed by atoms with Gasteiger partial charge in [-0.05, 0) is 48.7 Å². The van der Waals surface area contributed by atoms with Crippen LogP contribution in [0.25, 0.3) is 16.9 Å². The fourth-order valence-electron chi connectivity index (χ4n) is 3.96. The third kappa shape index (κ3) is 3.60. The molecule has 0 saturated heterocycles. The highest BCUT2D eigenvalue weighted by atomic mass is 35.5. The lowest BCUT2D eigenvalue weighted by Crippen LogP contribution is -2.36. The molecule has 5 nitrogen and oxygen atoms in total. The van der Waals surface area contributed by atoms with E-state index in [4.69, 9.17) is 11.6 Å². The molecule has 0 N–H and O–H groups in total. The van der Waals surface area contributed by atoms with Crippen molar-refractivity contribution in [3.63, 3.8) is 0 Å². The molecule has 2 aromatic carbocycles. The van der Waals surface area contributed by atoms with Crippen LogP contribution in [0.2, 0.25) is 5.02 Å². The second-order valence-corrected chi connectivity index (χ2v) is 7.99. The lowest BCUT2D eigenvalue weighted by molar-refractivity contribution is -0.137. The maximum atomic E-state index is 13.3. The van der Waals surface area contributed by atoms with Crippen molar-refractivity contribution in [3.8, 4) is 11.3 Å². The minimum atomic E-state index is -4.41. The normalized spacial score (nSPS) is 13.9. The van der Waals surface area contributed by atoms with Gasteiger partial charge in [0, 0.05) is 29.0 Å². The Morgan fingerprint density at radius 1 is 1.03 bits per heavy atom. The Bertz CT molecular complexity index is 1330. The molecule has 0 spiro atoms. The Morgan fingerprint density at radius 2 is 1.81 bits per heavy atom. The van der Waals surface area contributed by atoms with Gasteiger partial charge in [0.1, 0.15) is 5.69 Å². The van der Waals surface area contributed by atoms with Gasteiger partial charge in [0.05, 0.1) is 23.7 Å². The maximum Gasteiger partial charge on any atom is 0.416 e. The topological polar surface area (TPSA) is 50.5 Å². The number of alkyl halides is 3. The summed E-state index contributed by atoms with van der Waals surface area (Å²) in [5, 5.41) is 0.622. The number of amides is 1. The van der Waals surface area contributed by atoms with Crippen molar-refractivity contribution < 1.29 is 18.0 Å². The zero-order valence-corrected chi connectivity index (χ0v) is 17.4. The molecule has 5 rings (SSSR count). The van der Waals surface area contributed by atoms with Crippen LogP contribution in [0.5, 0.6) is 0 Å². The maximum absolute atomic E-state index is 13.3. The summed E-state index contributed by atoms with van der Waals surface area (Å²) in [5.74, 6) is -0.262. The van der Waals surface area contributed by atoms with Crippen LogP contribution in [-0.4, -0.2) is 26.8 Å². The number of aromatic nitrogens is 3. The molecule has 162 valence electrons. The Labute approximate surface area is 186 Å². The Hall–Kier alpha value is -3.39. The van der Waals surface area contributed by atoms with E-state index in [0.717, 1.165) is 36.2 Å². The smallest absolute Gasteiger partial charge is 0.307 e. The van der Waals surface area contributed by atoms with Gasteiger partial charge in [-0.3, -0.25) is 9.20 Å². The number of benzene rings is 2. The van der Waals surface area contributed by atoms with Gasteiger partial charge in [0.25, 0.3) is 5.91 Å². The number of carbonyl (C=O) groups excluding carboxylic acids is 1. The minimum absolute atomic E-state index is 0.214. The first kappa shape index (κ1) is 20.5. The number of rotatable bonds is 2. The standard InChI is InChI=1S/C23H16ClF3N4O/c24-17-7-8-19-15(10-17)2-1-9-30(19)22(32)18-13-31-20(11-29-21(31)12-28-18)14-3-5-16(6-4-14)23(25,26)27/h3-8,10-13H,1-2,9H2. The molecule has 1 aliphatic rings. The molecule has 3 heterocycles. The molecule has 9 heteroatoms. The molecular weight excluding hydrogens is 441 g/mol. The highest BCUT2D eigenvalue weighted by Gasteiger charge is 2.30. The van der Waals surface area contributed by atoms with Gasteiger partial charge in [-0.1, -0.05) is 23.7 Å². The van der Waals surface area contributed by atoms with Gasteiger partial charge in [-0.15, -0.1) is 0 Å². The zero-order valence-electron chi connectivity index (χ0n) is 16.6. The quantitative estimate of drug-likeness (QED) is 0.391. The van der Waals surface area contributed by atoms with Crippen LogP contribution in [0.4, 0.5) is 18.9 Å². The van der Waals surface area contributed by atoms with Crippen molar-refractivity contribution in [1.82, 2.24) is 14.4 Å². The fourth-order valence-corrected chi connectivity index (χ4v) is 4.15. The monoisotopic (exact) mass is 456 g/mol. The minimum Gasteiger partial charge on any atom is -0.307 e. The van der Waals surface area contributed by atoms with E-state index >= 15 is 0 Å². The predicted molar refractivity (Wildman–Crippen MR) is 115 cm³/mol. The SMILES string of the molecule is O=C(c1cn2c(-c3ccc(C(F)(F)F)cc3)cnc2cn1)N1CCCc2cc(Cl)ccc21. The Morgan fingerprint density at radius 3 is 2.56 bits per heavy atom. The van der Waals surface area contributed by atoms with Gasteiger partial charge < -0.3 is 4.90 Å². The summed E-state index contributed by atoms with van der Waals surface area (Å²) in [5.41, 5.74) is 2.90. The average molecular weight is 457 g/mol. The molecule has 2 aromatic heterocycles. The summed E-state index contributed by atoms with van der Waals surface area (Å²) in [6.07, 6.45) is 1.84. The molecule has 1 amide bonds. The van der Waals surface area contributed by atoms with Gasteiger partial charge >= 0.3 is 6.18 Å². The number of anilines is 1. The number of hydrogen-bond donors (Lipinski definition) is 0. The third-order valence-corrected chi connectivity index (χ3v) is 5.76. The number of hydrogen-bond acceptors (Lipinski definition) is 3. The lowest BCUT2D eigenvalue weighted by Gasteiger charge is -2.29. The van der Waals surface area contributed by atoms with Crippen molar-refractivity contribution in [1.29, 1.82) is 0 Å². The van der Waals surface area contributed by atoms with E-state index in [0.29, 0.717) is 28.5 Å². The Balaban J connectivity index is 1.52. The first-order valence-corrected chi connectivity index (χ1v) is 10.3. The van der Waals surface area contributed by atoms with E-state index < -0.39 is 11.7 Å². The van der Waals surface area contributed by atoms with E-state index in [1.807, 2.05) is 12.1 Å². The summed E-state index contributed by atoms with van der Waals surface area (Å²) in [6, 6.07) is 10.3. The molecule has 4 aromatic rings. The van der Waals surface area contributed by atoms with Gasteiger partial charge in [0.15, 0.2) is 5.65 Å². The molecule has 0 radical (unpaired) electrons. The second-order valence-electron chi connectivity index (χ2n) is 7.55. The van der Waals surface area contributed by atoms with Crippen LogP contribution in [0, 0.1) is 0 Å². The van der Waals surface area contributed by atoms with E-state index in [9.17, 15) is 18.0 Å². The molecule has 0 unspecified atom stereocenters. The van der Waals surface area contributed by atoms with Crippen LogP contribution >= 0.6 is 11.6 Å². The van der Waals surface area contributed by atoms with Crippen LogP contribution in [-0.2, 0) is 12.6 Å². The summed E-state index contributed by atoms with van der Waals surface area (Å²) in [4.78, 5) is 23.5. The predicted octanol–water partition coefficient (Wildman–Crippen LogP) is 5.66. The fraction of sp³-hybridized carbons (Fsp3) is 0.174. The summed E-state index contributed by atoms with van der Waals surface area (Å²) >= 11 is 6.10. The van der Waals surface area contributed by atoms with Crippen molar-refractivity contribution in [3.05, 3.63) is 82.9 Å². The Kier molecular flexibility index (Phi) is 4.89. The van der Waals surface area contributed by atoms with E-state index in [1.165, 1.54) is 18.3 Å².